The second kappa shape index (κ2) is 4.51. The SMILES string of the molecule is O=Cc1ccccc1Cc1cccnc1. The third-order valence-corrected chi connectivity index (χ3v) is 2.30. The van der Waals surface area contributed by atoms with Crippen LogP contribution in [0.25, 0.3) is 0 Å². The number of carbonyl (C=O) groups is 1. The number of aromatic nitrogens is 1. The molecule has 2 nitrogen and oxygen atoms in total. The van der Waals surface area contributed by atoms with Crippen LogP contribution < -0.4 is 0 Å². The Bertz CT molecular complexity index is 451. The summed E-state index contributed by atoms with van der Waals surface area (Å²) in [5, 5.41) is 0. The van der Waals surface area contributed by atoms with Gasteiger partial charge in [-0.3, -0.25) is 9.78 Å². The summed E-state index contributed by atoms with van der Waals surface area (Å²) in [6.07, 6.45) is 5.21. The van der Waals surface area contributed by atoms with Gasteiger partial charge in [-0.05, 0) is 23.6 Å². The van der Waals surface area contributed by atoms with Gasteiger partial charge >= 0.3 is 0 Å². The molecule has 0 atom stereocenters. The van der Waals surface area contributed by atoms with Crippen LogP contribution in [0.3, 0.4) is 0 Å². The van der Waals surface area contributed by atoms with Crippen LogP contribution in [-0.4, -0.2) is 11.3 Å². The van der Waals surface area contributed by atoms with E-state index in [4.69, 9.17) is 0 Å². The molecule has 74 valence electrons. The Kier molecular flexibility index (Phi) is 2.88. The van der Waals surface area contributed by atoms with Gasteiger partial charge in [-0.15, -0.1) is 0 Å². The molecule has 0 unspecified atom stereocenters. The van der Waals surface area contributed by atoms with E-state index in [1.165, 1.54) is 0 Å². The van der Waals surface area contributed by atoms with Gasteiger partial charge in [0.25, 0.3) is 0 Å². The van der Waals surface area contributed by atoms with Gasteiger partial charge in [-0.2, -0.15) is 0 Å². The number of hydrogen-bond donors (Lipinski definition) is 0. The summed E-state index contributed by atoms with van der Waals surface area (Å²) in [5.74, 6) is 0. The van der Waals surface area contributed by atoms with E-state index < -0.39 is 0 Å². The number of rotatable bonds is 3. The molecule has 2 aromatic rings. The molecule has 0 aliphatic rings. The Morgan fingerprint density at radius 1 is 1.13 bits per heavy atom. The van der Waals surface area contributed by atoms with Crippen LogP contribution in [0.5, 0.6) is 0 Å². The first-order chi connectivity index (χ1) is 7.40. The predicted molar refractivity (Wildman–Crippen MR) is 58.9 cm³/mol. The number of pyridine rings is 1. The average molecular weight is 197 g/mol. The van der Waals surface area contributed by atoms with Crippen molar-refractivity contribution < 1.29 is 4.79 Å². The van der Waals surface area contributed by atoms with Crippen molar-refractivity contribution in [2.75, 3.05) is 0 Å². The summed E-state index contributed by atoms with van der Waals surface area (Å²) in [4.78, 5) is 14.8. The average Bonchev–Trinajstić information content (AvgIpc) is 2.31. The molecule has 0 fully saturated rings. The fraction of sp³-hybridized carbons (Fsp3) is 0.0769. The molecule has 1 aromatic heterocycles. The van der Waals surface area contributed by atoms with Crippen molar-refractivity contribution in [3.8, 4) is 0 Å². The van der Waals surface area contributed by atoms with Crippen LogP contribution in [0.1, 0.15) is 21.5 Å². The molecule has 0 saturated heterocycles. The third-order valence-electron chi connectivity index (χ3n) is 2.30. The molecule has 15 heavy (non-hydrogen) atoms. The van der Waals surface area contributed by atoms with Crippen LogP contribution in [0.4, 0.5) is 0 Å². The lowest BCUT2D eigenvalue weighted by atomic mass is 10.0. The molecule has 1 aromatic carbocycles. The third kappa shape index (κ3) is 2.29. The molecule has 0 N–H and O–H groups in total. The van der Waals surface area contributed by atoms with Gasteiger partial charge in [0.15, 0.2) is 0 Å². The standard InChI is InChI=1S/C13H11NO/c15-10-13-6-2-1-5-12(13)8-11-4-3-7-14-9-11/h1-7,9-10H,8H2. The topological polar surface area (TPSA) is 30.0 Å². The Hall–Kier alpha value is -1.96. The van der Waals surface area contributed by atoms with Gasteiger partial charge in [0.05, 0.1) is 0 Å². The van der Waals surface area contributed by atoms with Crippen molar-refractivity contribution in [3.63, 3.8) is 0 Å². The van der Waals surface area contributed by atoms with Gasteiger partial charge in [0, 0.05) is 18.0 Å². The van der Waals surface area contributed by atoms with Gasteiger partial charge in [-0.1, -0.05) is 30.3 Å². The zero-order chi connectivity index (χ0) is 10.5. The summed E-state index contributed by atoms with van der Waals surface area (Å²) in [5.41, 5.74) is 2.91. The summed E-state index contributed by atoms with van der Waals surface area (Å²) in [7, 11) is 0. The highest BCUT2D eigenvalue weighted by molar-refractivity contribution is 5.77. The monoisotopic (exact) mass is 197 g/mol. The van der Waals surface area contributed by atoms with Crippen molar-refractivity contribution in [1.29, 1.82) is 0 Å². The summed E-state index contributed by atoms with van der Waals surface area (Å²) < 4.78 is 0. The summed E-state index contributed by atoms with van der Waals surface area (Å²) >= 11 is 0. The molecule has 2 heteroatoms. The Morgan fingerprint density at radius 3 is 2.73 bits per heavy atom. The van der Waals surface area contributed by atoms with Crippen LogP contribution in [0.15, 0.2) is 48.8 Å². The molecule has 2 rings (SSSR count). The molecule has 0 spiro atoms. The van der Waals surface area contributed by atoms with E-state index in [1.54, 1.807) is 6.20 Å². The van der Waals surface area contributed by atoms with E-state index in [0.29, 0.717) is 0 Å². The van der Waals surface area contributed by atoms with E-state index in [2.05, 4.69) is 4.98 Å². The van der Waals surface area contributed by atoms with Crippen molar-refractivity contribution in [1.82, 2.24) is 4.98 Å². The molecule has 1 heterocycles. The first-order valence-electron chi connectivity index (χ1n) is 4.82. The Morgan fingerprint density at radius 2 is 2.00 bits per heavy atom. The Labute approximate surface area is 88.6 Å². The van der Waals surface area contributed by atoms with Crippen molar-refractivity contribution >= 4 is 6.29 Å². The van der Waals surface area contributed by atoms with Crippen LogP contribution in [-0.2, 0) is 6.42 Å². The van der Waals surface area contributed by atoms with Crippen LogP contribution in [0, 0.1) is 0 Å². The van der Waals surface area contributed by atoms with Crippen LogP contribution in [0.2, 0.25) is 0 Å². The van der Waals surface area contributed by atoms with E-state index >= 15 is 0 Å². The summed E-state index contributed by atoms with van der Waals surface area (Å²) in [6, 6.07) is 11.5. The molecular formula is C13H11NO. The lowest BCUT2D eigenvalue weighted by Gasteiger charge is -2.03. The highest BCUT2D eigenvalue weighted by Crippen LogP contribution is 2.11. The molecular weight excluding hydrogens is 186 g/mol. The minimum atomic E-state index is 0.751. The maximum Gasteiger partial charge on any atom is 0.150 e. The molecule has 0 bridgehead atoms. The van der Waals surface area contributed by atoms with Gasteiger partial charge in [-0.25, -0.2) is 0 Å². The lowest BCUT2D eigenvalue weighted by molar-refractivity contribution is 0.112. The zero-order valence-corrected chi connectivity index (χ0v) is 8.26. The first kappa shape index (κ1) is 9.59. The minimum absolute atomic E-state index is 0.751. The highest BCUT2D eigenvalue weighted by Gasteiger charge is 2.01. The van der Waals surface area contributed by atoms with Crippen molar-refractivity contribution in [2.24, 2.45) is 0 Å². The normalized spacial score (nSPS) is 9.87. The van der Waals surface area contributed by atoms with Gasteiger partial charge < -0.3 is 0 Å². The number of nitrogens with zero attached hydrogens (tertiary/aromatic N) is 1. The smallest absolute Gasteiger partial charge is 0.150 e. The van der Waals surface area contributed by atoms with E-state index in [1.807, 2.05) is 42.6 Å². The van der Waals surface area contributed by atoms with E-state index in [9.17, 15) is 4.79 Å². The quantitative estimate of drug-likeness (QED) is 0.707. The van der Waals surface area contributed by atoms with Gasteiger partial charge in [0.2, 0.25) is 0 Å². The molecule has 0 aliphatic carbocycles. The van der Waals surface area contributed by atoms with E-state index in [0.717, 1.165) is 29.4 Å². The van der Waals surface area contributed by atoms with Crippen molar-refractivity contribution in [2.45, 2.75) is 6.42 Å². The first-order valence-corrected chi connectivity index (χ1v) is 4.82. The molecule has 0 aliphatic heterocycles. The van der Waals surface area contributed by atoms with Gasteiger partial charge in [0.1, 0.15) is 6.29 Å². The number of hydrogen-bond acceptors (Lipinski definition) is 2. The maximum absolute atomic E-state index is 10.8. The molecule has 0 saturated carbocycles. The second-order valence-electron chi connectivity index (χ2n) is 3.35. The number of carbonyl (C=O) groups excluding carboxylic acids is 1. The number of aldehydes is 1. The highest BCUT2D eigenvalue weighted by atomic mass is 16.1. The maximum atomic E-state index is 10.8. The van der Waals surface area contributed by atoms with Crippen LogP contribution >= 0.6 is 0 Å². The predicted octanol–water partition coefficient (Wildman–Crippen LogP) is 2.48. The largest absolute Gasteiger partial charge is 0.298 e. The second-order valence-corrected chi connectivity index (χ2v) is 3.35. The summed E-state index contributed by atoms with van der Waals surface area (Å²) in [6.45, 7) is 0. The number of benzene rings is 1. The van der Waals surface area contributed by atoms with E-state index in [-0.39, 0.29) is 0 Å². The fourth-order valence-electron chi connectivity index (χ4n) is 1.53. The minimum Gasteiger partial charge on any atom is -0.298 e. The zero-order valence-electron chi connectivity index (χ0n) is 8.26. The Balaban J connectivity index is 2.28. The lowest BCUT2D eigenvalue weighted by Crippen LogP contribution is -1.94. The van der Waals surface area contributed by atoms with Crippen molar-refractivity contribution in [3.05, 3.63) is 65.5 Å². The fourth-order valence-corrected chi connectivity index (χ4v) is 1.53. The molecule has 0 radical (unpaired) electrons. The molecule has 0 amide bonds.